The van der Waals surface area contributed by atoms with E-state index in [-0.39, 0.29) is 11.5 Å². The average Bonchev–Trinajstić information content (AvgIpc) is 3.12. The molecule has 4 N–H and O–H groups in total. The molecule has 0 unspecified atom stereocenters. The van der Waals surface area contributed by atoms with Gasteiger partial charge < -0.3 is 11.1 Å². The standard InChI is InChI=1S/C11H9N7O2S/c12-9-8(17-20-18-9)10(19)15-6-1-3-7(4-2-6)21-11-13-5-14-16-11/h1-5H,(H2,12,18)(H,15,19)(H,13,14,16). The van der Waals surface area contributed by atoms with Crippen LogP contribution in [0.3, 0.4) is 0 Å². The van der Waals surface area contributed by atoms with Crippen LogP contribution in [0.1, 0.15) is 10.5 Å². The molecular weight excluding hydrogens is 294 g/mol. The zero-order valence-electron chi connectivity index (χ0n) is 10.5. The molecular formula is C11H9N7O2S. The molecule has 0 atom stereocenters. The highest BCUT2D eigenvalue weighted by atomic mass is 32.2. The monoisotopic (exact) mass is 303 g/mol. The highest BCUT2D eigenvalue weighted by Gasteiger charge is 2.15. The van der Waals surface area contributed by atoms with Crippen LogP contribution in [0.15, 0.2) is 45.3 Å². The third-order valence-corrected chi connectivity index (χ3v) is 3.35. The van der Waals surface area contributed by atoms with Gasteiger partial charge >= 0.3 is 0 Å². The lowest BCUT2D eigenvalue weighted by molar-refractivity contribution is 0.101. The maximum Gasteiger partial charge on any atom is 0.281 e. The van der Waals surface area contributed by atoms with Gasteiger partial charge in [0, 0.05) is 10.6 Å². The van der Waals surface area contributed by atoms with Gasteiger partial charge in [-0.05, 0) is 34.6 Å². The lowest BCUT2D eigenvalue weighted by Crippen LogP contribution is -2.14. The zero-order chi connectivity index (χ0) is 14.7. The number of nitrogens with zero attached hydrogens (tertiary/aromatic N) is 4. The van der Waals surface area contributed by atoms with Gasteiger partial charge in [-0.15, -0.1) is 0 Å². The van der Waals surface area contributed by atoms with Crippen molar-refractivity contribution in [3.8, 4) is 0 Å². The summed E-state index contributed by atoms with van der Waals surface area (Å²) in [5.41, 5.74) is 6.00. The summed E-state index contributed by atoms with van der Waals surface area (Å²) in [6.07, 6.45) is 1.44. The SMILES string of the molecule is Nc1nonc1C(=O)Nc1ccc(Sc2ncn[nH]2)cc1. The summed E-state index contributed by atoms with van der Waals surface area (Å²) >= 11 is 1.42. The minimum atomic E-state index is -0.482. The van der Waals surface area contributed by atoms with Crippen LogP contribution in [0.4, 0.5) is 11.5 Å². The lowest BCUT2D eigenvalue weighted by atomic mass is 10.3. The van der Waals surface area contributed by atoms with E-state index in [1.54, 1.807) is 12.1 Å². The molecule has 0 bridgehead atoms. The predicted octanol–water partition coefficient (Wildman–Crippen LogP) is 1.17. The molecule has 0 spiro atoms. The van der Waals surface area contributed by atoms with Crippen molar-refractivity contribution in [3.63, 3.8) is 0 Å². The van der Waals surface area contributed by atoms with Crippen LogP contribution in [0.5, 0.6) is 0 Å². The van der Waals surface area contributed by atoms with E-state index in [0.717, 1.165) is 4.90 Å². The van der Waals surface area contributed by atoms with E-state index in [0.29, 0.717) is 10.8 Å². The van der Waals surface area contributed by atoms with E-state index in [1.165, 1.54) is 18.1 Å². The van der Waals surface area contributed by atoms with Crippen LogP contribution in [-0.2, 0) is 0 Å². The highest BCUT2D eigenvalue weighted by Crippen LogP contribution is 2.25. The van der Waals surface area contributed by atoms with E-state index in [9.17, 15) is 4.79 Å². The van der Waals surface area contributed by atoms with Gasteiger partial charge in [0.1, 0.15) is 6.33 Å². The first-order chi connectivity index (χ1) is 10.2. The number of aromatic amines is 1. The molecule has 10 heteroatoms. The molecule has 0 fully saturated rings. The summed E-state index contributed by atoms with van der Waals surface area (Å²) < 4.78 is 4.38. The van der Waals surface area contributed by atoms with Crippen LogP contribution in [0, 0.1) is 0 Å². The number of amides is 1. The summed E-state index contributed by atoms with van der Waals surface area (Å²) in [6, 6.07) is 7.18. The number of H-pyrrole nitrogens is 1. The maximum atomic E-state index is 11.9. The number of hydrogen-bond acceptors (Lipinski definition) is 8. The normalized spacial score (nSPS) is 10.5. The van der Waals surface area contributed by atoms with Gasteiger partial charge in [-0.25, -0.2) is 9.61 Å². The number of anilines is 2. The smallest absolute Gasteiger partial charge is 0.281 e. The first-order valence-corrected chi connectivity index (χ1v) is 6.56. The fourth-order valence-corrected chi connectivity index (χ4v) is 2.20. The van der Waals surface area contributed by atoms with Gasteiger partial charge in [-0.1, -0.05) is 11.8 Å². The number of carbonyl (C=O) groups is 1. The summed E-state index contributed by atoms with van der Waals surface area (Å²) in [6.45, 7) is 0. The van der Waals surface area contributed by atoms with Crippen molar-refractivity contribution >= 4 is 29.2 Å². The molecule has 21 heavy (non-hydrogen) atoms. The number of nitrogen functional groups attached to an aromatic ring is 1. The number of nitrogens with two attached hydrogens (primary N) is 1. The second-order valence-corrected chi connectivity index (χ2v) is 4.93. The number of nitrogens with one attached hydrogen (secondary N) is 2. The minimum absolute atomic E-state index is 0.0462. The van der Waals surface area contributed by atoms with Gasteiger partial charge in [-0.2, -0.15) is 5.10 Å². The highest BCUT2D eigenvalue weighted by molar-refractivity contribution is 7.99. The topological polar surface area (TPSA) is 136 Å². The van der Waals surface area contributed by atoms with Crippen molar-refractivity contribution in [2.24, 2.45) is 0 Å². The van der Waals surface area contributed by atoms with Crippen LogP contribution < -0.4 is 11.1 Å². The molecule has 3 rings (SSSR count). The van der Waals surface area contributed by atoms with E-state index >= 15 is 0 Å². The molecule has 106 valence electrons. The largest absolute Gasteiger partial charge is 0.379 e. The number of rotatable bonds is 4. The quantitative estimate of drug-likeness (QED) is 0.653. The molecule has 1 amide bonds. The minimum Gasteiger partial charge on any atom is -0.379 e. The van der Waals surface area contributed by atoms with E-state index in [1.807, 2.05) is 12.1 Å². The van der Waals surface area contributed by atoms with E-state index in [2.05, 4.69) is 35.4 Å². The summed E-state index contributed by atoms with van der Waals surface area (Å²) in [5, 5.41) is 16.6. The van der Waals surface area contributed by atoms with Gasteiger partial charge in [0.25, 0.3) is 5.91 Å². The fourth-order valence-electron chi connectivity index (χ4n) is 1.50. The first kappa shape index (κ1) is 13.1. The lowest BCUT2D eigenvalue weighted by Gasteiger charge is -2.04. The Morgan fingerprint density at radius 1 is 1.29 bits per heavy atom. The van der Waals surface area contributed by atoms with Gasteiger partial charge in [0.15, 0.2) is 5.16 Å². The Morgan fingerprint density at radius 2 is 2.10 bits per heavy atom. The second-order valence-electron chi connectivity index (χ2n) is 3.87. The van der Waals surface area contributed by atoms with E-state index in [4.69, 9.17) is 5.73 Å². The Hall–Kier alpha value is -2.88. The number of hydrogen-bond donors (Lipinski definition) is 3. The fraction of sp³-hybridized carbons (Fsp3) is 0. The molecule has 9 nitrogen and oxygen atoms in total. The number of aromatic nitrogens is 5. The Morgan fingerprint density at radius 3 is 2.71 bits per heavy atom. The molecule has 0 aliphatic carbocycles. The molecule has 1 aromatic carbocycles. The average molecular weight is 303 g/mol. The predicted molar refractivity (Wildman–Crippen MR) is 73.6 cm³/mol. The molecule has 0 saturated heterocycles. The second kappa shape index (κ2) is 5.63. The molecule has 3 aromatic rings. The van der Waals surface area contributed by atoms with Crippen molar-refractivity contribution in [2.45, 2.75) is 10.1 Å². The number of carbonyl (C=O) groups excluding carboxylic acids is 1. The van der Waals surface area contributed by atoms with Crippen molar-refractivity contribution in [2.75, 3.05) is 11.1 Å². The summed E-state index contributed by atoms with van der Waals surface area (Å²) in [7, 11) is 0. The molecule has 0 radical (unpaired) electrons. The van der Waals surface area contributed by atoms with Crippen molar-refractivity contribution in [1.82, 2.24) is 25.5 Å². The Bertz CT molecular complexity index is 738. The number of benzene rings is 1. The third kappa shape index (κ3) is 3.00. The van der Waals surface area contributed by atoms with Crippen LogP contribution >= 0.6 is 11.8 Å². The van der Waals surface area contributed by atoms with Crippen molar-refractivity contribution < 1.29 is 9.42 Å². The van der Waals surface area contributed by atoms with Crippen LogP contribution in [-0.4, -0.2) is 31.4 Å². The molecule has 0 saturated carbocycles. The molecule has 2 heterocycles. The third-order valence-electron chi connectivity index (χ3n) is 2.45. The van der Waals surface area contributed by atoms with Crippen LogP contribution in [0.25, 0.3) is 0 Å². The summed E-state index contributed by atoms with van der Waals surface area (Å²) in [4.78, 5) is 16.8. The molecule has 2 aromatic heterocycles. The van der Waals surface area contributed by atoms with Gasteiger partial charge in [-0.3, -0.25) is 9.89 Å². The van der Waals surface area contributed by atoms with Gasteiger partial charge in [0.2, 0.25) is 11.5 Å². The Labute approximate surface area is 122 Å². The molecule has 0 aliphatic heterocycles. The zero-order valence-corrected chi connectivity index (χ0v) is 11.3. The Balaban J connectivity index is 1.67. The first-order valence-electron chi connectivity index (χ1n) is 5.75. The van der Waals surface area contributed by atoms with Gasteiger partial charge in [0.05, 0.1) is 0 Å². The molecule has 0 aliphatic rings. The van der Waals surface area contributed by atoms with E-state index < -0.39 is 5.91 Å². The summed E-state index contributed by atoms with van der Waals surface area (Å²) in [5.74, 6) is -0.533. The van der Waals surface area contributed by atoms with Crippen LogP contribution in [0.2, 0.25) is 0 Å². The van der Waals surface area contributed by atoms with Crippen molar-refractivity contribution in [3.05, 3.63) is 36.3 Å². The van der Waals surface area contributed by atoms with Crippen molar-refractivity contribution in [1.29, 1.82) is 0 Å². The Kier molecular flexibility index (Phi) is 3.51. The maximum absolute atomic E-state index is 11.9.